The van der Waals surface area contributed by atoms with Gasteiger partial charge in [-0.3, -0.25) is 14.9 Å². The molecule has 1 aliphatic rings. The van der Waals surface area contributed by atoms with Gasteiger partial charge >= 0.3 is 0 Å². The summed E-state index contributed by atoms with van der Waals surface area (Å²) in [6.45, 7) is 1.58. The number of rotatable bonds is 3. The van der Waals surface area contributed by atoms with Crippen LogP contribution < -0.4 is 16.0 Å². The van der Waals surface area contributed by atoms with Crippen LogP contribution in [0, 0.1) is 10.1 Å². The van der Waals surface area contributed by atoms with E-state index in [4.69, 9.17) is 5.73 Å². The average molecular weight is 250 g/mol. The normalized spacial score (nSPS) is 19.6. The molecule has 2 rings (SSSR count). The summed E-state index contributed by atoms with van der Waals surface area (Å²) < 4.78 is 0. The maximum atomic E-state index is 11.4. The zero-order valence-corrected chi connectivity index (χ0v) is 9.70. The summed E-state index contributed by atoms with van der Waals surface area (Å²) in [5, 5.41) is 14.0. The van der Waals surface area contributed by atoms with Crippen LogP contribution in [-0.4, -0.2) is 36.5 Å². The van der Waals surface area contributed by atoms with Gasteiger partial charge < -0.3 is 16.0 Å². The lowest BCUT2D eigenvalue weighted by Crippen LogP contribution is -2.57. The summed E-state index contributed by atoms with van der Waals surface area (Å²) in [6.07, 6.45) is 0. The van der Waals surface area contributed by atoms with Crippen molar-refractivity contribution in [2.24, 2.45) is 5.73 Å². The number of nitro benzene ring substituents is 1. The molecule has 1 amide bonds. The van der Waals surface area contributed by atoms with E-state index in [0.29, 0.717) is 25.3 Å². The first kappa shape index (κ1) is 12.3. The number of hydrogen-bond acceptors (Lipinski definition) is 5. The van der Waals surface area contributed by atoms with Gasteiger partial charge in [-0.05, 0) is 6.07 Å². The predicted octanol–water partition coefficient (Wildman–Crippen LogP) is -0.142. The number of para-hydroxylation sites is 2. The maximum Gasteiger partial charge on any atom is 0.292 e. The molecule has 0 aliphatic carbocycles. The molecule has 0 saturated carbocycles. The number of nitro groups is 1. The summed E-state index contributed by atoms with van der Waals surface area (Å²) in [7, 11) is 0. The van der Waals surface area contributed by atoms with Crippen LogP contribution in [0.2, 0.25) is 0 Å². The van der Waals surface area contributed by atoms with E-state index in [-0.39, 0.29) is 5.69 Å². The fourth-order valence-corrected chi connectivity index (χ4v) is 2.11. The van der Waals surface area contributed by atoms with Crippen LogP contribution >= 0.6 is 0 Å². The third-order valence-corrected chi connectivity index (χ3v) is 2.96. The highest BCUT2D eigenvalue weighted by molar-refractivity contribution is 5.85. The molecule has 1 unspecified atom stereocenters. The van der Waals surface area contributed by atoms with E-state index in [0.717, 1.165) is 0 Å². The molecule has 1 atom stereocenters. The van der Waals surface area contributed by atoms with Crippen molar-refractivity contribution in [3.8, 4) is 0 Å². The molecule has 7 nitrogen and oxygen atoms in total. The third kappa shape index (κ3) is 2.25. The summed E-state index contributed by atoms with van der Waals surface area (Å²) >= 11 is 0. The summed E-state index contributed by atoms with van der Waals surface area (Å²) in [6, 6.07) is 5.82. The molecular formula is C11H14N4O3. The number of nitrogens with one attached hydrogen (secondary N) is 1. The molecule has 1 aliphatic heterocycles. The van der Waals surface area contributed by atoms with Gasteiger partial charge in [0.05, 0.1) is 4.92 Å². The van der Waals surface area contributed by atoms with Gasteiger partial charge in [-0.25, -0.2) is 0 Å². The first-order valence-electron chi connectivity index (χ1n) is 5.61. The van der Waals surface area contributed by atoms with Gasteiger partial charge in [-0.2, -0.15) is 0 Å². The molecule has 1 aromatic rings. The van der Waals surface area contributed by atoms with Crippen molar-refractivity contribution in [1.82, 2.24) is 5.32 Å². The van der Waals surface area contributed by atoms with Gasteiger partial charge in [0.25, 0.3) is 5.69 Å². The van der Waals surface area contributed by atoms with Crippen molar-refractivity contribution in [3.63, 3.8) is 0 Å². The second-order valence-corrected chi connectivity index (χ2v) is 4.06. The Morgan fingerprint density at radius 1 is 1.50 bits per heavy atom. The van der Waals surface area contributed by atoms with Crippen LogP contribution in [0.5, 0.6) is 0 Å². The van der Waals surface area contributed by atoms with Gasteiger partial charge in [0, 0.05) is 25.7 Å². The molecule has 7 heteroatoms. The number of carbonyl (C=O) groups is 1. The summed E-state index contributed by atoms with van der Waals surface area (Å²) in [4.78, 5) is 23.6. The highest BCUT2D eigenvalue weighted by atomic mass is 16.6. The van der Waals surface area contributed by atoms with E-state index in [9.17, 15) is 14.9 Å². The minimum atomic E-state index is -0.556. The molecule has 0 spiro atoms. The fourth-order valence-electron chi connectivity index (χ4n) is 2.11. The first-order chi connectivity index (χ1) is 8.61. The Morgan fingerprint density at radius 2 is 2.22 bits per heavy atom. The second-order valence-electron chi connectivity index (χ2n) is 4.06. The SMILES string of the molecule is NC(=O)C1CNCCN1c1ccccc1[N+](=O)[O-]. The molecule has 1 fully saturated rings. The lowest BCUT2D eigenvalue weighted by molar-refractivity contribution is -0.384. The number of hydrogen-bond donors (Lipinski definition) is 2. The van der Waals surface area contributed by atoms with Gasteiger partial charge in [0.1, 0.15) is 11.7 Å². The zero-order chi connectivity index (χ0) is 13.1. The first-order valence-corrected chi connectivity index (χ1v) is 5.61. The molecule has 1 aromatic carbocycles. The van der Waals surface area contributed by atoms with Crippen molar-refractivity contribution < 1.29 is 9.72 Å². The quantitative estimate of drug-likeness (QED) is 0.574. The summed E-state index contributed by atoms with van der Waals surface area (Å²) in [5.74, 6) is -0.486. The van der Waals surface area contributed by atoms with Gasteiger partial charge in [-0.1, -0.05) is 12.1 Å². The Bertz CT molecular complexity index is 477. The topological polar surface area (TPSA) is 102 Å². The number of nitrogens with zero attached hydrogens (tertiary/aromatic N) is 2. The van der Waals surface area contributed by atoms with Gasteiger partial charge in [0.2, 0.25) is 5.91 Å². The van der Waals surface area contributed by atoms with E-state index in [1.165, 1.54) is 6.07 Å². The van der Waals surface area contributed by atoms with Gasteiger partial charge in [-0.15, -0.1) is 0 Å². The number of amides is 1. The Hall–Kier alpha value is -2.15. The monoisotopic (exact) mass is 250 g/mol. The van der Waals surface area contributed by atoms with Crippen molar-refractivity contribution in [1.29, 1.82) is 0 Å². The van der Waals surface area contributed by atoms with Crippen molar-refractivity contribution in [2.75, 3.05) is 24.5 Å². The standard InChI is InChI=1S/C11H14N4O3/c12-11(16)10-7-13-5-6-14(10)8-3-1-2-4-9(8)15(17)18/h1-4,10,13H,5-7H2,(H2,12,16). The molecular weight excluding hydrogens is 236 g/mol. The summed E-state index contributed by atoms with van der Waals surface area (Å²) in [5.41, 5.74) is 5.76. The number of carbonyl (C=O) groups excluding carboxylic acids is 1. The zero-order valence-electron chi connectivity index (χ0n) is 9.70. The molecule has 18 heavy (non-hydrogen) atoms. The van der Waals surface area contributed by atoms with Crippen molar-refractivity contribution in [2.45, 2.75) is 6.04 Å². The Balaban J connectivity index is 2.39. The molecule has 0 radical (unpaired) electrons. The Labute approximate surface area is 104 Å². The highest BCUT2D eigenvalue weighted by Gasteiger charge is 2.30. The van der Waals surface area contributed by atoms with E-state index < -0.39 is 16.9 Å². The second kappa shape index (κ2) is 5.01. The minimum absolute atomic E-state index is 0.00866. The maximum absolute atomic E-state index is 11.4. The third-order valence-electron chi connectivity index (χ3n) is 2.96. The minimum Gasteiger partial charge on any atom is -0.368 e. The lowest BCUT2D eigenvalue weighted by atomic mass is 10.1. The smallest absolute Gasteiger partial charge is 0.292 e. The molecule has 96 valence electrons. The number of benzene rings is 1. The Morgan fingerprint density at radius 3 is 2.89 bits per heavy atom. The average Bonchev–Trinajstić information content (AvgIpc) is 2.38. The Kier molecular flexibility index (Phi) is 3.42. The van der Waals surface area contributed by atoms with E-state index >= 15 is 0 Å². The largest absolute Gasteiger partial charge is 0.368 e. The number of nitrogens with two attached hydrogens (primary N) is 1. The molecule has 0 aromatic heterocycles. The van der Waals surface area contributed by atoms with Crippen molar-refractivity contribution >= 4 is 17.3 Å². The van der Waals surface area contributed by atoms with Gasteiger partial charge in [0.15, 0.2) is 0 Å². The lowest BCUT2D eigenvalue weighted by Gasteiger charge is -2.35. The number of primary amides is 1. The molecule has 0 bridgehead atoms. The fraction of sp³-hybridized carbons (Fsp3) is 0.364. The van der Waals surface area contributed by atoms with E-state index in [1.807, 2.05) is 0 Å². The van der Waals surface area contributed by atoms with Crippen LogP contribution in [0.1, 0.15) is 0 Å². The van der Waals surface area contributed by atoms with Crippen LogP contribution in [0.25, 0.3) is 0 Å². The highest BCUT2D eigenvalue weighted by Crippen LogP contribution is 2.29. The number of anilines is 1. The van der Waals surface area contributed by atoms with E-state index in [1.54, 1.807) is 23.1 Å². The van der Waals surface area contributed by atoms with Crippen LogP contribution in [-0.2, 0) is 4.79 Å². The van der Waals surface area contributed by atoms with Crippen LogP contribution in [0.4, 0.5) is 11.4 Å². The van der Waals surface area contributed by atoms with E-state index in [2.05, 4.69) is 5.32 Å². The molecule has 1 saturated heterocycles. The molecule has 3 N–H and O–H groups in total. The molecule has 1 heterocycles. The van der Waals surface area contributed by atoms with Crippen LogP contribution in [0.15, 0.2) is 24.3 Å². The predicted molar refractivity (Wildman–Crippen MR) is 66.3 cm³/mol. The number of piperazine rings is 1. The van der Waals surface area contributed by atoms with Crippen LogP contribution in [0.3, 0.4) is 0 Å². The van der Waals surface area contributed by atoms with Crippen molar-refractivity contribution in [3.05, 3.63) is 34.4 Å².